The Morgan fingerprint density at radius 1 is 1.35 bits per heavy atom. The highest BCUT2D eigenvalue weighted by atomic mass is 19.4. The highest BCUT2D eigenvalue weighted by molar-refractivity contribution is 5.78. The molecule has 0 unspecified atom stereocenters. The number of benzene rings is 1. The molecular formula is C10H7F3N2O2. The number of halogens is 3. The van der Waals surface area contributed by atoms with Crippen LogP contribution in [-0.4, -0.2) is 22.8 Å². The lowest BCUT2D eigenvalue weighted by atomic mass is 10.2. The SMILES string of the molecule is O=c1[nH]cnc2ccc(OCC(F)(F)F)cc12. The first-order chi connectivity index (χ1) is 7.96. The molecule has 0 bridgehead atoms. The van der Waals surface area contributed by atoms with E-state index >= 15 is 0 Å². The van der Waals surface area contributed by atoms with Gasteiger partial charge in [-0.05, 0) is 18.2 Å². The lowest BCUT2D eigenvalue weighted by molar-refractivity contribution is -0.153. The third-order valence-corrected chi connectivity index (χ3v) is 2.01. The zero-order valence-electron chi connectivity index (χ0n) is 8.41. The van der Waals surface area contributed by atoms with Gasteiger partial charge in [0, 0.05) is 0 Å². The minimum atomic E-state index is -4.41. The molecule has 0 amide bonds. The fourth-order valence-electron chi connectivity index (χ4n) is 1.30. The summed E-state index contributed by atoms with van der Waals surface area (Å²) in [7, 11) is 0. The number of hydrogen-bond donors (Lipinski definition) is 1. The van der Waals surface area contributed by atoms with Crippen molar-refractivity contribution in [3.05, 3.63) is 34.9 Å². The summed E-state index contributed by atoms with van der Waals surface area (Å²) in [5.41, 5.74) is -0.0273. The summed E-state index contributed by atoms with van der Waals surface area (Å²) in [5, 5.41) is 0.187. The van der Waals surface area contributed by atoms with Crippen molar-refractivity contribution in [1.82, 2.24) is 9.97 Å². The van der Waals surface area contributed by atoms with Crippen molar-refractivity contribution in [3.8, 4) is 5.75 Å². The summed E-state index contributed by atoms with van der Waals surface area (Å²) in [6.45, 7) is -1.39. The van der Waals surface area contributed by atoms with Crippen LogP contribution < -0.4 is 10.3 Å². The Morgan fingerprint density at radius 3 is 2.82 bits per heavy atom. The van der Waals surface area contributed by atoms with E-state index in [1.807, 2.05) is 0 Å². The van der Waals surface area contributed by atoms with E-state index in [9.17, 15) is 18.0 Å². The van der Waals surface area contributed by atoms with Gasteiger partial charge in [0.2, 0.25) is 0 Å². The van der Waals surface area contributed by atoms with Gasteiger partial charge >= 0.3 is 6.18 Å². The lowest BCUT2D eigenvalue weighted by Gasteiger charge is -2.09. The Kier molecular flexibility index (Phi) is 2.74. The van der Waals surface area contributed by atoms with Crippen LogP contribution in [0, 0.1) is 0 Å². The number of nitrogens with one attached hydrogen (secondary N) is 1. The summed E-state index contributed by atoms with van der Waals surface area (Å²) in [4.78, 5) is 17.5. The summed E-state index contributed by atoms with van der Waals surface area (Å²) in [5.74, 6) is -0.0201. The second kappa shape index (κ2) is 4.08. The van der Waals surface area contributed by atoms with E-state index < -0.39 is 18.3 Å². The predicted octanol–water partition coefficient (Wildman–Crippen LogP) is 1.86. The summed E-state index contributed by atoms with van der Waals surface area (Å²) < 4.78 is 40.3. The minimum Gasteiger partial charge on any atom is -0.484 e. The van der Waals surface area contributed by atoms with Crippen LogP contribution in [0.1, 0.15) is 0 Å². The standard InChI is InChI=1S/C10H7F3N2O2/c11-10(12,13)4-17-6-1-2-8-7(3-6)9(16)15-5-14-8/h1-3,5H,4H2,(H,14,15,16). The average Bonchev–Trinajstić information content (AvgIpc) is 2.26. The van der Waals surface area contributed by atoms with Gasteiger partial charge in [-0.3, -0.25) is 4.79 Å². The molecule has 1 heterocycles. The first-order valence-corrected chi connectivity index (χ1v) is 4.63. The van der Waals surface area contributed by atoms with E-state index in [4.69, 9.17) is 0 Å². The predicted molar refractivity (Wildman–Crippen MR) is 53.9 cm³/mol. The van der Waals surface area contributed by atoms with Gasteiger partial charge in [-0.1, -0.05) is 0 Å². The molecule has 4 nitrogen and oxygen atoms in total. The molecule has 2 aromatic rings. The number of aromatic nitrogens is 2. The van der Waals surface area contributed by atoms with Crippen molar-refractivity contribution >= 4 is 10.9 Å². The number of hydrogen-bond acceptors (Lipinski definition) is 3. The first kappa shape index (κ1) is 11.4. The molecule has 0 aliphatic rings. The molecule has 17 heavy (non-hydrogen) atoms. The topological polar surface area (TPSA) is 55.0 Å². The second-order valence-corrected chi connectivity index (χ2v) is 3.31. The van der Waals surface area contributed by atoms with Crippen LogP contribution in [0.25, 0.3) is 10.9 Å². The van der Waals surface area contributed by atoms with E-state index in [2.05, 4.69) is 14.7 Å². The first-order valence-electron chi connectivity index (χ1n) is 4.63. The number of H-pyrrole nitrogens is 1. The normalized spacial score (nSPS) is 11.7. The van der Waals surface area contributed by atoms with Crippen LogP contribution in [-0.2, 0) is 0 Å². The Balaban J connectivity index is 2.32. The molecule has 0 atom stereocenters. The monoisotopic (exact) mass is 244 g/mol. The van der Waals surface area contributed by atoms with E-state index in [-0.39, 0.29) is 11.1 Å². The molecule has 7 heteroatoms. The maximum atomic E-state index is 11.9. The fraction of sp³-hybridized carbons (Fsp3) is 0.200. The van der Waals surface area contributed by atoms with Gasteiger partial charge in [-0.25, -0.2) is 4.98 Å². The third-order valence-electron chi connectivity index (χ3n) is 2.01. The van der Waals surface area contributed by atoms with Gasteiger partial charge in [-0.15, -0.1) is 0 Å². The summed E-state index contributed by atoms with van der Waals surface area (Å²) in [6.07, 6.45) is -3.18. The van der Waals surface area contributed by atoms with Gasteiger partial charge in [-0.2, -0.15) is 13.2 Å². The Bertz CT molecular complexity index is 592. The Labute approximate surface area is 93.1 Å². The molecule has 0 spiro atoms. The molecule has 0 radical (unpaired) electrons. The van der Waals surface area contributed by atoms with Crippen molar-refractivity contribution in [3.63, 3.8) is 0 Å². The summed E-state index contributed by atoms with van der Waals surface area (Å²) in [6, 6.07) is 3.99. The van der Waals surface area contributed by atoms with Crippen LogP contribution in [0.3, 0.4) is 0 Å². The molecule has 0 saturated heterocycles. The number of alkyl halides is 3. The zero-order chi connectivity index (χ0) is 12.5. The summed E-state index contributed by atoms with van der Waals surface area (Å²) >= 11 is 0. The van der Waals surface area contributed by atoms with Crippen LogP contribution in [0.15, 0.2) is 29.3 Å². The van der Waals surface area contributed by atoms with Crippen LogP contribution in [0.2, 0.25) is 0 Å². The van der Waals surface area contributed by atoms with E-state index in [0.717, 1.165) is 0 Å². The van der Waals surface area contributed by atoms with Crippen molar-refractivity contribution < 1.29 is 17.9 Å². The van der Waals surface area contributed by atoms with E-state index in [1.165, 1.54) is 24.5 Å². The molecule has 0 aliphatic heterocycles. The number of ether oxygens (including phenoxy) is 1. The molecule has 0 aliphatic carbocycles. The fourth-order valence-corrected chi connectivity index (χ4v) is 1.30. The quantitative estimate of drug-likeness (QED) is 0.877. The average molecular weight is 244 g/mol. The molecule has 0 saturated carbocycles. The number of rotatable bonds is 2. The van der Waals surface area contributed by atoms with Crippen molar-refractivity contribution in [1.29, 1.82) is 0 Å². The number of fused-ring (bicyclic) bond motifs is 1. The molecule has 1 aromatic heterocycles. The van der Waals surface area contributed by atoms with Crippen LogP contribution >= 0.6 is 0 Å². The van der Waals surface area contributed by atoms with Gasteiger partial charge in [0.25, 0.3) is 5.56 Å². The Morgan fingerprint density at radius 2 is 2.12 bits per heavy atom. The smallest absolute Gasteiger partial charge is 0.422 e. The van der Waals surface area contributed by atoms with Gasteiger partial charge in [0.1, 0.15) is 5.75 Å². The molecule has 1 aromatic carbocycles. The van der Waals surface area contributed by atoms with Crippen molar-refractivity contribution in [2.75, 3.05) is 6.61 Å². The largest absolute Gasteiger partial charge is 0.484 e. The van der Waals surface area contributed by atoms with Crippen molar-refractivity contribution in [2.24, 2.45) is 0 Å². The van der Waals surface area contributed by atoms with Crippen LogP contribution in [0.5, 0.6) is 5.75 Å². The number of aromatic amines is 1. The highest BCUT2D eigenvalue weighted by Crippen LogP contribution is 2.20. The minimum absolute atomic E-state index is 0.0201. The molecule has 2 rings (SSSR count). The van der Waals surface area contributed by atoms with E-state index in [1.54, 1.807) is 0 Å². The van der Waals surface area contributed by atoms with Crippen molar-refractivity contribution in [2.45, 2.75) is 6.18 Å². The number of nitrogens with zero attached hydrogens (tertiary/aromatic N) is 1. The molecule has 0 fully saturated rings. The maximum Gasteiger partial charge on any atom is 0.422 e. The van der Waals surface area contributed by atoms with Gasteiger partial charge in [0.05, 0.1) is 17.2 Å². The molecule has 90 valence electrons. The lowest BCUT2D eigenvalue weighted by Crippen LogP contribution is -2.19. The highest BCUT2D eigenvalue weighted by Gasteiger charge is 2.28. The van der Waals surface area contributed by atoms with Crippen LogP contribution in [0.4, 0.5) is 13.2 Å². The van der Waals surface area contributed by atoms with Gasteiger partial charge < -0.3 is 9.72 Å². The third kappa shape index (κ3) is 2.74. The van der Waals surface area contributed by atoms with E-state index in [0.29, 0.717) is 5.52 Å². The molecule has 1 N–H and O–H groups in total. The molecular weight excluding hydrogens is 237 g/mol. The Hall–Kier alpha value is -2.05. The maximum absolute atomic E-state index is 11.9. The zero-order valence-corrected chi connectivity index (χ0v) is 8.41. The second-order valence-electron chi connectivity index (χ2n) is 3.31. The van der Waals surface area contributed by atoms with Gasteiger partial charge in [0.15, 0.2) is 6.61 Å².